The molecular formula is C41H65O9P. The van der Waals surface area contributed by atoms with E-state index in [1.165, 1.54) is 19.3 Å². The van der Waals surface area contributed by atoms with E-state index in [1.807, 2.05) is 12.2 Å². The summed E-state index contributed by atoms with van der Waals surface area (Å²) >= 11 is 0. The molecule has 0 heterocycles. The summed E-state index contributed by atoms with van der Waals surface area (Å²) in [7, 11) is -4.81. The number of rotatable bonds is 32. The molecule has 0 aromatic heterocycles. The second kappa shape index (κ2) is 35.3. The van der Waals surface area contributed by atoms with E-state index in [1.54, 1.807) is 12.2 Å². The minimum Gasteiger partial charge on any atom is -0.462 e. The van der Waals surface area contributed by atoms with Gasteiger partial charge in [0.25, 0.3) is 0 Å². The van der Waals surface area contributed by atoms with E-state index in [0.29, 0.717) is 19.3 Å². The number of ether oxygens (including phenoxy) is 2. The second-order valence-corrected chi connectivity index (χ2v) is 13.2. The minimum atomic E-state index is -4.81. The number of esters is 2. The van der Waals surface area contributed by atoms with Gasteiger partial charge < -0.3 is 24.4 Å². The summed E-state index contributed by atoms with van der Waals surface area (Å²) in [6.07, 6.45) is 44.5. The Balaban J connectivity index is 4.28. The van der Waals surface area contributed by atoms with Crippen molar-refractivity contribution in [3.05, 3.63) is 97.2 Å². The zero-order chi connectivity index (χ0) is 37.7. The standard InChI is InChI=1S/C41H65O9P/c1-3-5-7-9-11-13-15-17-18-20-22-24-26-28-30-34-41(44)50-39(37-49-51(45,46)47)36-48-40(43)35-31-33-38(42)32-29-27-25-23-21-19-16-14-12-10-8-6-4-2/h6,8,11-14,17-19,21-22,24-25,27,29,32,38-39,42H,3-5,7,9-10,15-16,20,23,26,28,30-31,33-37H2,1-2H3,(H2,45,46,47)/b8-6-,13-11-,14-12-,18-17-,21-19-,24-22-,27-25-,32-29+/t38?,39-/m1/s1. The molecule has 10 heteroatoms. The maximum Gasteiger partial charge on any atom is 0.469 e. The number of hydrogen-bond acceptors (Lipinski definition) is 7. The number of phosphoric ester groups is 1. The number of unbranched alkanes of at least 4 members (excludes halogenated alkanes) is 5. The number of phosphoric acid groups is 1. The van der Waals surface area contributed by atoms with Gasteiger partial charge in [0.2, 0.25) is 0 Å². The van der Waals surface area contributed by atoms with Gasteiger partial charge in [0.1, 0.15) is 6.61 Å². The normalized spacial score (nSPS) is 14.2. The Labute approximate surface area is 307 Å². The van der Waals surface area contributed by atoms with Crippen LogP contribution >= 0.6 is 7.82 Å². The van der Waals surface area contributed by atoms with Gasteiger partial charge >= 0.3 is 19.8 Å². The van der Waals surface area contributed by atoms with Gasteiger partial charge in [-0.15, -0.1) is 0 Å². The van der Waals surface area contributed by atoms with Crippen LogP contribution in [-0.2, 0) is 28.2 Å². The minimum absolute atomic E-state index is 0.0222. The molecule has 0 saturated heterocycles. The van der Waals surface area contributed by atoms with Crippen molar-refractivity contribution in [3.8, 4) is 0 Å². The molecule has 0 aliphatic rings. The van der Waals surface area contributed by atoms with E-state index < -0.39 is 45.2 Å². The largest absolute Gasteiger partial charge is 0.469 e. The third-order valence-corrected chi connectivity index (χ3v) is 7.68. The molecule has 0 fully saturated rings. The average molecular weight is 733 g/mol. The van der Waals surface area contributed by atoms with Crippen LogP contribution in [0.15, 0.2) is 97.2 Å². The zero-order valence-electron chi connectivity index (χ0n) is 31.1. The van der Waals surface area contributed by atoms with Crippen LogP contribution in [0.3, 0.4) is 0 Å². The predicted octanol–water partition coefficient (Wildman–Crippen LogP) is 10.0. The topological polar surface area (TPSA) is 140 Å². The van der Waals surface area contributed by atoms with E-state index in [-0.39, 0.29) is 12.8 Å². The van der Waals surface area contributed by atoms with Crippen molar-refractivity contribution < 1.29 is 43.0 Å². The van der Waals surface area contributed by atoms with Crippen molar-refractivity contribution >= 4 is 19.8 Å². The van der Waals surface area contributed by atoms with Gasteiger partial charge in [-0.3, -0.25) is 14.1 Å². The lowest BCUT2D eigenvalue weighted by atomic mass is 10.1. The van der Waals surface area contributed by atoms with Gasteiger partial charge in [0.05, 0.1) is 12.7 Å². The van der Waals surface area contributed by atoms with Gasteiger partial charge in [-0.05, 0) is 83.5 Å². The lowest BCUT2D eigenvalue weighted by molar-refractivity contribution is -0.161. The number of allylic oxidation sites excluding steroid dienone is 15. The van der Waals surface area contributed by atoms with Crippen molar-refractivity contribution in [3.63, 3.8) is 0 Å². The molecule has 0 amide bonds. The molecular weight excluding hydrogens is 667 g/mol. The van der Waals surface area contributed by atoms with Crippen LogP contribution in [0.5, 0.6) is 0 Å². The van der Waals surface area contributed by atoms with Crippen LogP contribution in [0.4, 0.5) is 0 Å². The van der Waals surface area contributed by atoms with Crippen molar-refractivity contribution in [2.24, 2.45) is 0 Å². The first-order valence-electron chi connectivity index (χ1n) is 18.6. The van der Waals surface area contributed by atoms with E-state index in [2.05, 4.69) is 91.3 Å². The second-order valence-electron chi connectivity index (χ2n) is 12.0. The molecule has 0 aromatic carbocycles. The Bertz CT molecular complexity index is 1160. The Morgan fingerprint density at radius 1 is 0.627 bits per heavy atom. The van der Waals surface area contributed by atoms with Gasteiger partial charge in [-0.25, -0.2) is 4.57 Å². The highest BCUT2D eigenvalue weighted by Crippen LogP contribution is 2.35. The highest BCUT2D eigenvalue weighted by Gasteiger charge is 2.23. The van der Waals surface area contributed by atoms with E-state index in [9.17, 15) is 19.3 Å². The predicted molar refractivity (Wildman–Crippen MR) is 208 cm³/mol. The fourth-order valence-electron chi connectivity index (χ4n) is 4.41. The lowest BCUT2D eigenvalue weighted by Gasteiger charge is -2.18. The molecule has 2 atom stereocenters. The molecule has 3 N–H and O–H groups in total. The Morgan fingerprint density at radius 2 is 1.16 bits per heavy atom. The van der Waals surface area contributed by atoms with Crippen molar-refractivity contribution in [1.29, 1.82) is 0 Å². The van der Waals surface area contributed by atoms with Crippen LogP contribution in [-0.4, -0.2) is 52.3 Å². The van der Waals surface area contributed by atoms with E-state index >= 15 is 0 Å². The Morgan fingerprint density at radius 3 is 1.73 bits per heavy atom. The molecule has 288 valence electrons. The Hall–Kier alpha value is -3.07. The molecule has 0 aliphatic heterocycles. The molecule has 0 aliphatic carbocycles. The van der Waals surface area contributed by atoms with Gasteiger partial charge in [0.15, 0.2) is 6.10 Å². The van der Waals surface area contributed by atoms with Crippen LogP contribution < -0.4 is 0 Å². The molecule has 1 unspecified atom stereocenters. The average Bonchev–Trinajstić information content (AvgIpc) is 3.09. The molecule has 51 heavy (non-hydrogen) atoms. The maximum absolute atomic E-state index is 12.3. The zero-order valence-corrected chi connectivity index (χ0v) is 32.0. The first kappa shape index (κ1) is 47.9. The smallest absolute Gasteiger partial charge is 0.462 e. The maximum atomic E-state index is 12.3. The van der Waals surface area contributed by atoms with Gasteiger partial charge in [-0.2, -0.15) is 0 Å². The molecule has 0 spiro atoms. The third-order valence-electron chi connectivity index (χ3n) is 7.19. The summed E-state index contributed by atoms with van der Waals surface area (Å²) in [5, 5.41) is 10.2. The first-order chi connectivity index (χ1) is 24.7. The highest BCUT2D eigenvalue weighted by atomic mass is 31.2. The van der Waals surface area contributed by atoms with E-state index in [4.69, 9.17) is 19.3 Å². The molecule has 9 nitrogen and oxygen atoms in total. The summed E-state index contributed by atoms with van der Waals surface area (Å²) in [5.41, 5.74) is 0. The van der Waals surface area contributed by atoms with Crippen molar-refractivity contribution in [1.82, 2.24) is 0 Å². The third kappa shape index (κ3) is 38.0. The lowest BCUT2D eigenvalue weighted by Crippen LogP contribution is -2.29. The van der Waals surface area contributed by atoms with E-state index in [0.717, 1.165) is 57.8 Å². The number of carbonyl (C=O) groups is 2. The van der Waals surface area contributed by atoms with Crippen molar-refractivity contribution in [2.45, 2.75) is 135 Å². The molecule has 0 radical (unpaired) electrons. The number of aliphatic hydroxyl groups excluding tert-OH is 1. The van der Waals surface area contributed by atoms with Crippen LogP contribution in [0.2, 0.25) is 0 Å². The summed E-state index contributed by atoms with van der Waals surface area (Å²) in [4.78, 5) is 42.7. The summed E-state index contributed by atoms with van der Waals surface area (Å²) in [5.74, 6) is -1.15. The monoisotopic (exact) mass is 732 g/mol. The molecule has 0 rings (SSSR count). The number of carbonyl (C=O) groups excluding carboxylic acids is 2. The van der Waals surface area contributed by atoms with Gasteiger partial charge in [-0.1, -0.05) is 124 Å². The highest BCUT2D eigenvalue weighted by molar-refractivity contribution is 7.46. The quantitative estimate of drug-likeness (QED) is 0.0203. The SMILES string of the molecule is CC/C=C\C/C=C\C/C=C\C/C=C\C=C\C(O)CCCC(=O)OC[C@H](COP(=O)(O)O)OC(=O)CCCC/C=C\C/C=C\C/C=C\CCCCC. The molecule has 0 saturated carbocycles. The first-order valence-corrected chi connectivity index (χ1v) is 20.2. The van der Waals surface area contributed by atoms with Crippen molar-refractivity contribution in [2.75, 3.05) is 13.2 Å². The van der Waals surface area contributed by atoms with Crippen LogP contribution in [0, 0.1) is 0 Å². The summed E-state index contributed by atoms with van der Waals surface area (Å²) in [6, 6.07) is 0. The fourth-order valence-corrected chi connectivity index (χ4v) is 4.77. The fraction of sp³-hybridized carbons (Fsp3) is 0.561. The summed E-state index contributed by atoms with van der Waals surface area (Å²) < 4.78 is 26.1. The molecule has 0 aromatic rings. The molecule has 0 bridgehead atoms. The number of hydrogen-bond donors (Lipinski definition) is 3. The summed E-state index contributed by atoms with van der Waals surface area (Å²) in [6.45, 7) is 3.31. The Kier molecular flexibility index (Phi) is 33.2. The number of aliphatic hydroxyl groups is 1. The van der Waals surface area contributed by atoms with Gasteiger partial charge in [0, 0.05) is 12.8 Å². The van der Waals surface area contributed by atoms with Crippen LogP contribution in [0.1, 0.15) is 123 Å². The van der Waals surface area contributed by atoms with Crippen LogP contribution in [0.25, 0.3) is 0 Å².